The average molecular weight is 321 g/mol. The van der Waals surface area contributed by atoms with Crippen molar-refractivity contribution in [3.8, 4) is 10.6 Å². The van der Waals surface area contributed by atoms with Crippen molar-refractivity contribution >= 4 is 34.9 Å². The van der Waals surface area contributed by atoms with Crippen molar-refractivity contribution in [1.29, 1.82) is 0 Å². The molecule has 1 amide bonds. The highest BCUT2D eigenvalue weighted by atomic mass is 32.1. The highest BCUT2D eigenvalue weighted by Gasteiger charge is 2.23. The Balaban J connectivity index is 2.35. The van der Waals surface area contributed by atoms with E-state index >= 15 is 0 Å². The van der Waals surface area contributed by atoms with Crippen LogP contribution in [0.4, 0.5) is 5.00 Å². The number of thiazole rings is 1. The van der Waals surface area contributed by atoms with Gasteiger partial charge in [-0.1, -0.05) is 18.3 Å². The number of aromatic nitrogens is 2. The van der Waals surface area contributed by atoms with Gasteiger partial charge in [0.1, 0.15) is 10.0 Å². The second-order valence-corrected chi connectivity index (χ2v) is 6.16. The lowest BCUT2D eigenvalue weighted by atomic mass is 10.2. The van der Waals surface area contributed by atoms with Gasteiger partial charge in [0.15, 0.2) is 0 Å². The van der Waals surface area contributed by atoms with Gasteiger partial charge in [-0.15, -0.1) is 0 Å². The number of hydrogen-bond donors (Lipinski definition) is 1. The van der Waals surface area contributed by atoms with Gasteiger partial charge in [-0.2, -0.15) is 12.6 Å². The fourth-order valence-electron chi connectivity index (χ4n) is 2.00. The Labute approximate surface area is 134 Å². The smallest absolute Gasteiger partial charge is 0.231 e. The third kappa shape index (κ3) is 3.44. The van der Waals surface area contributed by atoms with Gasteiger partial charge in [-0.05, 0) is 26.0 Å². The molecule has 0 spiro atoms. The molecule has 0 aliphatic heterocycles. The number of aryl methyl sites for hydroxylation is 1. The van der Waals surface area contributed by atoms with Gasteiger partial charge in [0, 0.05) is 36.2 Å². The van der Waals surface area contributed by atoms with Crippen LogP contribution in [0.15, 0.2) is 24.5 Å². The second kappa shape index (κ2) is 7.04. The molecule has 0 saturated heterocycles. The summed E-state index contributed by atoms with van der Waals surface area (Å²) in [5.41, 5.74) is 1.85. The number of hydrogen-bond acceptors (Lipinski definition) is 5. The van der Waals surface area contributed by atoms with Crippen LogP contribution >= 0.6 is 24.0 Å². The van der Waals surface area contributed by atoms with Crippen molar-refractivity contribution in [1.82, 2.24) is 9.97 Å². The Bertz CT molecular complexity index is 613. The van der Waals surface area contributed by atoms with Gasteiger partial charge in [-0.25, -0.2) is 4.98 Å². The van der Waals surface area contributed by atoms with Crippen LogP contribution in [-0.4, -0.2) is 28.2 Å². The van der Waals surface area contributed by atoms with Crippen LogP contribution in [0.2, 0.25) is 0 Å². The lowest BCUT2D eigenvalue weighted by Crippen LogP contribution is -2.35. The molecule has 2 heterocycles. The molecule has 0 fully saturated rings. The first-order valence-electron chi connectivity index (χ1n) is 6.88. The summed E-state index contributed by atoms with van der Waals surface area (Å²) in [7, 11) is 0. The van der Waals surface area contributed by atoms with Crippen molar-refractivity contribution < 1.29 is 4.79 Å². The van der Waals surface area contributed by atoms with Crippen molar-refractivity contribution in [2.24, 2.45) is 5.92 Å². The van der Waals surface area contributed by atoms with E-state index in [9.17, 15) is 4.79 Å². The lowest BCUT2D eigenvalue weighted by molar-refractivity contribution is -0.121. The number of thiol groups is 1. The number of carbonyl (C=O) groups excluding carboxylic acids is 1. The summed E-state index contributed by atoms with van der Waals surface area (Å²) >= 11 is 5.75. The fraction of sp³-hybridized carbons (Fsp3) is 0.400. The van der Waals surface area contributed by atoms with E-state index in [1.165, 1.54) is 11.3 Å². The summed E-state index contributed by atoms with van der Waals surface area (Å²) in [4.78, 5) is 22.9. The summed E-state index contributed by atoms with van der Waals surface area (Å²) in [5.74, 6) is 0.538. The van der Waals surface area contributed by atoms with Crippen LogP contribution in [0.3, 0.4) is 0 Å². The molecule has 0 saturated carbocycles. The molecular weight excluding hydrogens is 302 g/mol. The molecule has 112 valence electrons. The number of pyridine rings is 1. The van der Waals surface area contributed by atoms with Crippen molar-refractivity contribution in [2.75, 3.05) is 17.2 Å². The maximum absolute atomic E-state index is 12.4. The molecule has 1 unspecified atom stereocenters. The van der Waals surface area contributed by atoms with E-state index in [4.69, 9.17) is 0 Å². The lowest BCUT2D eigenvalue weighted by Gasteiger charge is -2.22. The molecule has 0 aromatic carbocycles. The number of carbonyl (C=O) groups is 1. The first-order valence-corrected chi connectivity index (χ1v) is 8.33. The molecule has 0 radical (unpaired) electrons. The van der Waals surface area contributed by atoms with E-state index in [0.717, 1.165) is 21.3 Å². The summed E-state index contributed by atoms with van der Waals surface area (Å²) in [6, 6.07) is 3.86. The molecule has 6 heteroatoms. The molecule has 0 aliphatic carbocycles. The molecule has 2 rings (SSSR count). The van der Waals surface area contributed by atoms with Crippen molar-refractivity contribution in [2.45, 2.75) is 20.8 Å². The maximum Gasteiger partial charge on any atom is 0.231 e. The Kier molecular flexibility index (Phi) is 5.36. The van der Waals surface area contributed by atoms with Crippen molar-refractivity contribution in [3.63, 3.8) is 0 Å². The first-order chi connectivity index (χ1) is 10.1. The highest BCUT2D eigenvalue weighted by molar-refractivity contribution is 7.80. The fourth-order valence-corrected chi connectivity index (χ4v) is 3.28. The Morgan fingerprint density at radius 3 is 2.86 bits per heavy atom. The normalized spacial score (nSPS) is 12.2. The predicted octanol–water partition coefficient (Wildman–Crippen LogP) is 3.43. The van der Waals surface area contributed by atoms with E-state index < -0.39 is 0 Å². The molecule has 1 atom stereocenters. The molecule has 21 heavy (non-hydrogen) atoms. The van der Waals surface area contributed by atoms with Crippen LogP contribution in [0.25, 0.3) is 10.6 Å². The Morgan fingerprint density at radius 1 is 1.52 bits per heavy atom. The van der Waals surface area contributed by atoms with Gasteiger partial charge in [0.25, 0.3) is 0 Å². The first kappa shape index (κ1) is 16.0. The summed E-state index contributed by atoms with van der Waals surface area (Å²) in [6.45, 7) is 6.45. The van der Waals surface area contributed by atoms with Gasteiger partial charge in [-0.3, -0.25) is 9.78 Å². The van der Waals surface area contributed by atoms with Crippen LogP contribution in [-0.2, 0) is 4.79 Å². The number of anilines is 1. The quantitative estimate of drug-likeness (QED) is 0.858. The standard InChI is InChI=1S/C15H19N3OS2/c1-4-18(14(19)10(2)9-20)15-11(3)17-13(21-15)12-6-5-7-16-8-12/h5-8,10,20H,4,9H2,1-3H3. The van der Waals surface area contributed by atoms with Crippen LogP contribution in [0, 0.1) is 12.8 Å². The van der Waals surface area contributed by atoms with Crippen LogP contribution in [0.1, 0.15) is 19.5 Å². The third-order valence-electron chi connectivity index (χ3n) is 3.20. The molecule has 0 bridgehead atoms. The topological polar surface area (TPSA) is 46.1 Å². The number of amides is 1. The van der Waals surface area contributed by atoms with Gasteiger partial charge in [0.05, 0.1) is 5.69 Å². The monoisotopic (exact) mass is 321 g/mol. The summed E-state index contributed by atoms with van der Waals surface area (Å²) < 4.78 is 0. The van der Waals surface area contributed by atoms with Crippen LogP contribution < -0.4 is 4.90 Å². The van der Waals surface area contributed by atoms with E-state index in [2.05, 4.69) is 22.6 Å². The van der Waals surface area contributed by atoms with Gasteiger partial charge in [0.2, 0.25) is 5.91 Å². The second-order valence-electron chi connectivity index (χ2n) is 4.82. The van der Waals surface area contributed by atoms with E-state index in [0.29, 0.717) is 12.3 Å². The molecule has 2 aromatic heterocycles. The van der Waals surface area contributed by atoms with Gasteiger partial charge >= 0.3 is 0 Å². The summed E-state index contributed by atoms with van der Waals surface area (Å²) in [5, 5.41) is 1.80. The molecule has 0 aliphatic rings. The molecular formula is C15H19N3OS2. The van der Waals surface area contributed by atoms with Crippen LogP contribution in [0.5, 0.6) is 0 Å². The van der Waals surface area contributed by atoms with Gasteiger partial charge < -0.3 is 4.90 Å². The zero-order valence-electron chi connectivity index (χ0n) is 12.4. The minimum atomic E-state index is -0.100. The minimum Gasteiger partial charge on any atom is -0.302 e. The number of rotatable bonds is 5. The minimum absolute atomic E-state index is 0.0944. The third-order valence-corrected chi connectivity index (χ3v) is 4.98. The van der Waals surface area contributed by atoms with E-state index in [1.807, 2.05) is 32.9 Å². The number of nitrogens with zero attached hydrogens (tertiary/aromatic N) is 3. The predicted molar refractivity (Wildman–Crippen MR) is 91.1 cm³/mol. The highest BCUT2D eigenvalue weighted by Crippen LogP contribution is 2.34. The van der Waals surface area contributed by atoms with E-state index in [-0.39, 0.29) is 11.8 Å². The van der Waals surface area contributed by atoms with Crippen molar-refractivity contribution in [3.05, 3.63) is 30.2 Å². The summed E-state index contributed by atoms with van der Waals surface area (Å²) in [6.07, 6.45) is 3.53. The average Bonchev–Trinajstić information content (AvgIpc) is 2.90. The largest absolute Gasteiger partial charge is 0.302 e. The maximum atomic E-state index is 12.4. The van der Waals surface area contributed by atoms with E-state index in [1.54, 1.807) is 17.3 Å². The Hall–Kier alpha value is -1.40. The molecule has 0 N–H and O–H groups in total. The zero-order chi connectivity index (χ0) is 15.4. The molecule has 2 aromatic rings. The molecule has 4 nitrogen and oxygen atoms in total. The zero-order valence-corrected chi connectivity index (χ0v) is 14.1. The Morgan fingerprint density at radius 2 is 2.29 bits per heavy atom. The SMILES string of the molecule is CCN(C(=O)C(C)CS)c1sc(-c2cccnc2)nc1C.